The van der Waals surface area contributed by atoms with Crippen LogP contribution in [-0.4, -0.2) is 18.4 Å². The number of amides is 2. The highest BCUT2D eigenvalue weighted by molar-refractivity contribution is 6.39. The number of carbonyl (C=O) groups excluding carboxylic acids is 2. The second-order valence-corrected chi connectivity index (χ2v) is 5.82. The molecule has 0 aromatic heterocycles. The lowest BCUT2D eigenvalue weighted by atomic mass is 10.1. The van der Waals surface area contributed by atoms with Gasteiger partial charge in [0.05, 0.1) is 12.6 Å². The van der Waals surface area contributed by atoms with Crippen LogP contribution in [0.4, 0.5) is 10.1 Å². The molecule has 0 heterocycles. The second-order valence-electron chi connectivity index (χ2n) is 5.82. The van der Waals surface area contributed by atoms with E-state index in [0.717, 1.165) is 17.5 Å². The van der Waals surface area contributed by atoms with Gasteiger partial charge in [-0.2, -0.15) is 0 Å². The zero-order valence-electron chi connectivity index (χ0n) is 13.8. The number of anilines is 1. The van der Waals surface area contributed by atoms with E-state index in [0.29, 0.717) is 24.5 Å². The number of hydrogen-bond acceptors (Lipinski definition) is 3. The Bertz CT molecular complexity index is 790. The highest BCUT2D eigenvalue weighted by Gasteiger charge is 2.26. The maximum Gasteiger partial charge on any atom is 0.313 e. The molecular formula is C19H19FN2O3. The number of fused-ring (bicyclic) bond motifs is 1. The van der Waals surface area contributed by atoms with Gasteiger partial charge in [0, 0.05) is 5.69 Å². The highest BCUT2D eigenvalue weighted by atomic mass is 19.1. The number of ether oxygens (including phenoxy) is 1. The number of hydrogen-bond donors (Lipinski definition) is 2. The zero-order valence-corrected chi connectivity index (χ0v) is 13.8. The van der Waals surface area contributed by atoms with E-state index in [1.807, 2.05) is 6.92 Å². The molecule has 2 amide bonds. The maximum absolute atomic E-state index is 13.4. The molecule has 0 saturated carbocycles. The van der Waals surface area contributed by atoms with Crippen LogP contribution in [0.1, 0.15) is 30.5 Å². The van der Waals surface area contributed by atoms with Crippen molar-refractivity contribution >= 4 is 17.5 Å². The van der Waals surface area contributed by atoms with Gasteiger partial charge >= 0.3 is 11.8 Å². The van der Waals surface area contributed by atoms with Crippen LogP contribution < -0.4 is 15.4 Å². The van der Waals surface area contributed by atoms with Crippen LogP contribution in [0.15, 0.2) is 42.5 Å². The van der Waals surface area contributed by atoms with Crippen molar-refractivity contribution in [2.24, 2.45) is 0 Å². The molecule has 0 fully saturated rings. The molecule has 0 spiro atoms. The smallest absolute Gasteiger partial charge is 0.313 e. The summed E-state index contributed by atoms with van der Waals surface area (Å²) in [5.74, 6) is -1.15. The second kappa shape index (κ2) is 7.34. The molecule has 6 heteroatoms. The van der Waals surface area contributed by atoms with Crippen LogP contribution in [0, 0.1) is 5.82 Å². The van der Waals surface area contributed by atoms with Gasteiger partial charge < -0.3 is 15.4 Å². The molecule has 25 heavy (non-hydrogen) atoms. The van der Waals surface area contributed by atoms with Gasteiger partial charge in [0.2, 0.25) is 0 Å². The number of nitrogens with one attached hydrogen (secondary N) is 2. The van der Waals surface area contributed by atoms with Gasteiger partial charge in [-0.05, 0) is 67.3 Å². The van der Waals surface area contributed by atoms with Gasteiger partial charge in [0.25, 0.3) is 0 Å². The van der Waals surface area contributed by atoms with Crippen molar-refractivity contribution in [2.45, 2.75) is 25.8 Å². The number of aryl methyl sites for hydroxylation is 1. The third kappa shape index (κ3) is 3.96. The first-order valence-corrected chi connectivity index (χ1v) is 8.20. The number of carbonyl (C=O) groups is 2. The van der Waals surface area contributed by atoms with Crippen LogP contribution in [0.25, 0.3) is 0 Å². The minimum absolute atomic E-state index is 0.343. The Morgan fingerprint density at radius 2 is 1.92 bits per heavy atom. The summed E-state index contributed by atoms with van der Waals surface area (Å²) >= 11 is 0. The first-order chi connectivity index (χ1) is 12.1. The van der Waals surface area contributed by atoms with Crippen LogP contribution in [-0.2, 0) is 16.0 Å². The third-order valence-corrected chi connectivity index (χ3v) is 4.12. The Labute approximate surface area is 145 Å². The van der Waals surface area contributed by atoms with Gasteiger partial charge in [0.1, 0.15) is 11.6 Å². The third-order valence-electron chi connectivity index (χ3n) is 4.12. The van der Waals surface area contributed by atoms with Gasteiger partial charge in [-0.1, -0.05) is 6.07 Å². The lowest BCUT2D eigenvalue weighted by molar-refractivity contribution is -0.136. The van der Waals surface area contributed by atoms with E-state index < -0.39 is 11.8 Å². The Hall–Kier alpha value is -2.89. The molecule has 0 aliphatic heterocycles. The van der Waals surface area contributed by atoms with Crippen molar-refractivity contribution in [1.29, 1.82) is 0 Å². The molecule has 2 aromatic rings. The van der Waals surface area contributed by atoms with Crippen LogP contribution in [0.2, 0.25) is 0 Å². The van der Waals surface area contributed by atoms with Gasteiger partial charge in [-0.3, -0.25) is 9.59 Å². The minimum Gasteiger partial charge on any atom is -0.494 e. The van der Waals surface area contributed by atoms with E-state index >= 15 is 0 Å². The Balaban J connectivity index is 1.60. The topological polar surface area (TPSA) is 67.4 Å². The summed E-state index contributed by atoms with van der Waals surface area (Å²) in [4.78, 5) is 24.2. The van der Waals surface area contributed by atoms with E-state index in [-0.39, 0.29) is 11.9 Å². The summed E-state index contributed by atoms with van der Waals surface area (Å²) in [5, 5.41) is 5.21. The first-order valence-electron chi connectivity index (χ1n) is 8.20. The Morgan fingerprint density at radius 3 is 2.64 bits per heavy atom. The molecule has 3 rings (SSSR count). The van der Waals surface area contributed by atoms with Crippen molar-refractivity contribution in [3.05, 3.63) is 59.4 Å². The first kappa shape index (κ1) is 17.0. The standard InChI is InChI=1S/C19H19FN2O3/c1-2-25-15-8-6-14(7-9-15)21-18(23)19(24)22-17-10-4-12-3-5-13(20)11-16(12)17/h3,5-9,11,17H,2,4,10H2,1H3,(H,21,23)(H,22,24)/t17-/m0/s1. The molecule has 0 radical (unpaired) electrons. The van der Waals surface area contributed by atoms with Gasteiger partial charge in [-0.25, -0.2) is 4.39 Å². The van der Waals surface area contributed by atoms with Crippen molar-refractivity contribution < 1.29 is 18.7 Å². The number of benzene rings is 2. The van der Waals surface area contributed by atoms with Gasteiger partial charge in [0.15, 0.2) is 0 Å². The van der Waals surface area contributed by atoms with Crippen LogP contribution in [0.3, 0.4) is 0 Å². The molecule has 0 bridgehead atoms. The molecule has 5 nitrogen and oxygen atoms in total. The Morgan fingerprint density at radius 1 is 1.16 bits per heavy atom. The van der Waals surface area contributed by atoms with E-state index in [1.165, 1.54) is 12.1 Å². The predicted molar refractivity (Wildman–Crippen MR) is 91.8 cm³/mol. The molecule has 0 saturated heterocycles. The van der Waals surface area contributed by atoms with Gasteiger partial charge in [-0.15, -0.1) is 0 Å². The molecule has 1 aliphatic rings. The average molecular weight is 342 g/mol. The summed E-state index contributed by atoms with van der Waals surface area (Å²) in [6.45, 7) is 2.44. The molecule has 130 valence electrons. The lowest BCUT2D eigenvalue weighted by Gasteiger charge is -2.14. The monoisotopic (exact) mass is 342 g/mol. The zero-order chi connectivity index (χ0) is 17.8. The summed E-state index contributed by atoms with van der Waals surface area (Å²) in [7, 11) is 0. The van der Waals surface area contributed by atoms with E-state index in [4.69, 9.17) is 4.74 Å². The molecule has 2 N–H and O–H groups in total. The van der Waals surface area contributed by atoms with Crippen molar-refractivity contribution in [2.75, 3.05) is 11.9 Å². The molecule has 1 aliphatic carbocycles. The summed E-state index contributed by atoms with van der Waals surface area (Å²) in [6, 6.07) is 11.0. The van der Waals surface area contributed by atoms with Crippen molar-refractivity contribution in [3.8, 4) is 5.75 Å². The normalized spacial score (nSPS) is 15.4. The lowest BCUT2D eigenvalue weighted by Crippen LogP contribution is -2.37. The fourth-order valence-corrected chi connectivity index (χ4v) is 2.94. The SMILES string of the molecule is CCOc1ccc(NC(=O)C(=O)N[C@H]2CCc3ccc(F)cc32)cc1. The molecule has 0 unspecified atom stereocenters. The Kier molecular flexibility index (Phi) is 4.97. The molecule has 1 atom stereocenters. The number of halogens is 1. The van der Waals surface area contributed by atoms with E-state index in [1.54, 1.807) is 30.3 Å². The predicted octanol–water partition coefficient (Wildman–Crippen LogP) is 2.97. The average Bonchev–Trinajstić information content (AvgIpc) is 2.99. The van der Waals surface area contributed by atoms with E-state index in [2.05, 4.69) is 10.6 Å². The van der Waals surface area contributed by atoms with Crippen molar-refractivity contribution in [1.82, 2.24) is 5.32 Å². The number of rotatable bonds is 4. The fraction of sp³-hybridized carbons (Fsp3) is 0.263. The fourth-order valence-electron chi connectivity index (χ4n) is 2.94. The maximum atomic E-state index is 13.4. The molecule has 2 aromatic carbocycles. The largest absolute Gasteiger partial charge is 0.494 e. The van der Waals surface area contributed by atoms with E-state index in [9.17, 15) is 14.0 Å². The molecular weight excluding hydrogens is 323 g/mol. The summed E-state index contributed by atoms with van der Waals surface area (Å²) in [5.41, 5.74) is 2.24. The minimum atomic E-state index is -0.756. The van der Waals surface area contributed by atoms with Crippen LogP contribution in [0.5, 0.6) is 5.75 Å². The summed E-state index contributed by atoms with van der Waals surface area (Å²) < 4.78 is 18.7. The van der Waals surface area contributed by atoms with Crippen LogP contribution >= 0.6 is 0 Å². The quantitative estimate of drug-likeness (QED) is 0.840. The summed E-state index contributed by atoms with van der Waals surface area (Å²) in [6.07, 6.45) is 1.40. The highest BCUT2D eigenvalue weighted by Crippen LogP contribution is 2.31. The van der Waals surface area contributed by atoms with Crippen molar-refractivity contribution in [3.63, 3.8) is 0 Å².